The maximum atomic E-state index is 12.7. The molecule has 29 heavy (non-hydrogen) atoms. The molecule has 2 aromatic heterocycles. The summed E-state index contributed by atoms with van der Waals surface area (Å²) in [6, 6.07) is 16.3. The van der Waals surface area contributed by atoms with Gasteiger partial charge in [0.1, 0.15) is 0 Å². The number of aromatic nitrogens is 4. The van der Waals surface area contributed by atoms with Crippen LogP contribution in [0.1, 0.15) is 29.3 Å². The standard InChI is InChI=1S/C21H18N4O4/c1-13(19-22-16-11-7-6-10-15(16)20(26)23-19)29-21(27)18-17(28-2)12-25(24-18)14-8-4-3-5-9-14/h3-13H,1-2H3,(H,22,23,26)/t13-/m1/s1. The molecule has 0 radical (unpaired) electrons. The minimum atomic E-state index is -0.786. The summed E-state index contributed by atoms with van der Waals surface area (Å²) >= 11 is 0. The average molecular weight is 390 g/mol. The molecule has 0 saturated carbocycles. The largest absolute Gasteiger partial charge is 0.493 e. The summed E-state index contributed by atoms with van der Waals surface area (Å²) in [5.41, 5.74) is 1.05. The van der Waals surface area contributed by atoms with Gasteiger partial charge in [0, 0.05) is 0 Å². The van der Waals surface area contributed by atoms with Gasteiger partial charge in [0.25, 0.3) is 5.56 Å². The molecule has 1 N–H and O–H groups in total. The third kappa shape index (κ3) is 3.60. The molecular weight excluding hydrogens is 372 g/mol. The number of ether oxygens (including phenoxy) is 2. The number of para-hydroxylation sites is 2. The van der Waals surface area contributed by atoms with E-state index in [-0.39, 0.29) is 22.8 Å². The van der Waals surface area contributed by atoms with Crippen LogP contribution in [-0.2, 0) is 4.74 Å². The number of hydrogen-bond donors (Lipinski definition) is 1. The summed E-state index contributed by atoms with van der Waals surface area (Å²) in [4.78, 5) is 32.0. The number of esters is 1. The predicted molar refractivity (Wildman–Crippen MR) is 106 cm³/mol. The Labute approximate surface area is 165 Å². The molecule has 0 amide bonds. The van der Waals surface area contributed by atoms with Gasteiger partial charge >= 0.3 is 5.97 Å². The molecule has 1 atom stereocenters. The SMILES string of the molecule is COc1cn(-c2ccccc2)nc1C(=O)O[C@H](C)c1nc2ccccc2c(=O)[nH]1. The number of nitrogens with zero attached hydrogens (tertiary/aromatic N) is 3. The number of carbonyl (C=O) groups excluding carboxylic acids is 1. The van der Waals surface area contributed by atoms with Crippen molar-refractivity contribution in [2.24, 2.45) is 0 Å². The molecule has 4 rings (SSSR count). The first-order chi connectivity index (χ1) is 14.1. The minimum absolute atomic E-state index is 0.0336. The lowest BCUT2D eigenvalue weighted by Crippen LogP contribution is -2.18. The minimum Gasteiger partial charge on any atom is -0.493 e. The lowest BCUT2D eigenvalue weighted by atomic mass is 10.2. The second kappa shape index (κ2) is 7.59. The summed E-state index contributed by atoms with van der Waals surface area (Å²) in [7, 11) is 1.45. The lowest BCUT2D eigenvalue weighted by Gasteiger charge is -2.12. The van der Waals surface area contributed by atoms with Crippen molar-refractivity contribution in [3.63, 3.8) is 0 Å². The Morgan fingerprint density at radius 2 is 1.83 bits per heavy atom. The zero-order chi connectivity index (χ0) is 20.4. The van der Waals surface area contributed by atoms with Crippen molar-refractivity contribution in [2.75, 3.05) is 7.11 Å². The molecule has 2 aromatic carbocycles. The van der Waals surface area contributed by atoms with Gasteiger partial charge in [0.2, 0.25) is 5.69 Å². The molecule has 0 fully saturated rings. The molecule has 4 aromatic rings. The molecule has 0 bridgehead atoms. The number of H-pyrrole nitrogens is 1. The summed E-state index contributed by atoms with van der Waals surface area (Å²) in [5.74, 6) is -0.144. The van der Waals surface area contributed by atoms with E-state index in [4.69, 9.17) is 9.47 Å². The van der Waals surface area contributed by atoms with E-state index < -0.39 is 12.1 Å². The Hall–Kier alpha value is -3.94. The summed E-state index contributed by atoms with van der Waals surface area (Å²) in [6.07, 6.45) is 0.818. The summed E-state index contributed by atoms with van der Waals surface area (Å²) in [5, 5.41) is 4.76. The number of rotatable bonds is 5. The Balaban J connectivity index is 1.61. The van der Waals surface area contributed by atoms with Crippen molar-refractivity contribution in [2.45, 2.75) is 13.0 Å². The van der Waals surface area contributed by atoms with E-state index in [1.807, 2.05) is 30.3 Å². The lowest BCUT2D eigenvalue weighted by molar-refractivity contribution is 0.0309. The number of methoxy groups -OCH3 is 1. The fraction of sp³-hybridized carbons (Fsp3) is 0.143. The molecular formula is C21H18N4O4. The molecule has 0 aliphatic carbocycles. The van der Waals surface area contributed by atoms with E-state index in [0.717, 1.165) is 5.69 Å². The maximum Gasteiger partial charge on any atom is 0.363 e. The highest BCUT2D eigenvalue weighted by molar-refractivity contribution is 5.90. The van der Waals surface area contributed by atoms with Crippen LogP contribution in [0.15, 0.2) is 65.6 Å². The van der Waals surface area contributed by atoms with E-state index in [1.165, 1.54) is 11.8 Å². The van der Waals surface area contributed by atoms with Gasteiger partial charge in [-0.2, -0.15) is 5.10 Å². The number of aromatic amines is 1. The van der Waals surface area contributed by atoms with E-state index in [1.54, 1.807) is 37.4 Å². The van der Waals surface area contributed by atoms with Gasteiger partial charge in [-0.1, -0.05) is 30.3 Å². The Bertz CT molecular complexity index is 1230. The van der Waals surface area contributed by atoms with Crippen molar-refractivity contribution in [3.8, 4) is 11.4 Å². The van der Waals surface area contributed by atoms with Crippen LogP contribution in [0.5, 0.6) is 5.75 Å². The van der Waals surface area contributed by atoms with Crippen LogP contribution in [0.2, 0.25) is 0 Å². The Morgan fingerprint density at radius 1 is 1.10 bits per heavy atom. The van der Waals surface area contributed by atoms with Gasteiger partial charge < -0.3 is 14.5 Å². The van der Waals surface area contributed by atoms with Crippen LogP contribution >= 0.6 is 0 Å². The third-order valence-electron chi connectivity index (χ3n) is 4.41. The molecule has 8 nitrogen and oxygen atoms in total. The smallest absolute Gasteiger partial charge is 0.363 e. The summed E-state index contributed by atoms with van der Waals surface area (Å²) < 4.78 is 12.3. The first-order valence-electron chi connectivity index (χ1n) is 8.96. The van der Waals surface area contributed by atoms with Gasteiger partial charge in [-0.05, 0) is 31.2 Å². The van der Waals surface area contributed by atoms with Crippen LogP contribution in [-0.4, -0.2) is 32.8 Å². The highest BCUT2D eigenvalue weighted by atomic mass is 16.5. The number of hydrogen-bond acceptors (Lipinski definition) is 6. The quantitative estimate of drug-likeness (QED) is 0.526. The number of fused-ring (bicyclic) bond motifs is 1. The highest BCUT2D eigenvalue weighted by Crippen LogP contribution is 2.23. The van der Waals surface area contributed by atoms with Crippen molar-refractivity contribution in [1.29, 1.82) is 0 Å². The predicted octanol–water partition coefficient (Wildman–Crippen LogP) is 3.04. The zero-order valence-corrected chi connectivity index (χ0v) is 15.8. The third-order valence-corrected chi connectivity index (χ3v) is 4.41. The first-order valence-corrected chi connectivity index (χ1v) is 8.96. The normalized spacial score (nSPS) is 11.9. The molecule has 0 aliphatic rings. The van der Waals surface area contributed by atoms with Crippen LogP contribution in [0.4, 0.5) is 0 Å². The summed E-state index contributed by atoms with van der Waals surface area (Å²) in [6.45, 7) is 1.63. The Morgan fingerprint density at radius 3 is 2.59 bits per heavy atom. The van der Waals surface area contributed by atoms with Crippen LogP contribution in [0.25, 0.3) is 16.6 Å². The number of carbonyl (C=O) groups is 1. The van der Waals surface area contributed by atoms with Crippen molar-refractivity contribution < 1.29 is 14.3 Å². The van der Waals surface area contributed by atoms with Crippen molar-refractivity contribution in [3.05, 3.63) is 82.7 Å². The molecule has 0 unspecified atom stereocenters. The molecule has 146 valence electrons. The van der Waals surface area contributed by atoms with Crippen molar-refractivity contribution in [1.82, 2.24) is 19.7 Å². The van der Waals surface area contributed by atoms with Crippen LogP contribution < -0.4 is 10.3 Å². The molecule has 8 heteroatoms. The second-order valence-corrected chi connectivity index (χ2v) is 6.34. The van der Waals surface area contributed by atoms with Gasteiger partial charge in [0.05, 0.1) is 29.9 Å². The fourth-order valence-electron chi connectivity index (χ4n) is 2.93. The fourth-order valence-corrected chi connectivity index (χ4v) is 2.93. The zero-order valence-electron chi connectivity index (χ0n) is 15.8. The molecule has 0 aliphatic heterocycles. The highest BCUT2D eigenvalue weighted by Gasteiger charge is 2.23. The average Bonchev–Trinajstić information content (AvgIpc) is 3.19. The topological polar surface area (TPSA) is 99.1 Å². The van der Waals surface area contributed by atoms with Crippen LogP contribution in [0.3, 0.4) is 0 Å². The van der Waals surface area contributed by atoms with Gasteiger partial charge in [-0.25, -0.2) is 14.5 Å². The van der Waals surface area contributed by atoms with Crippen molar-refractivity contribution >= 4 is 16.9 Å². The monoisotopic (exact) mass is 390 g/mol. The Kier molecular flexibility index (Phi) is 4.82. The van der Waals surface area contributed by atoms with E-state index >= 15 is 0 Å². The number of benzene rings is 2. The van der Waals surface area contributed by atoms with Gasteiger partial charge in [-0.3, -0.25) is 4.79 Å². The van der Waals surface area contributed by atoms with Gasteiger partial charge in [-0.15, -0.1) is 0 Å². The maximum absolute atomic E-state index is 12.7. The second-order valence-electron chi connectivity index (χ2n) is 6.34. The van der Waals surface area contributed by atoms with E-state index in [2.05, 4.69) is 15.1 Å². The van der Waals surface area contributed by atoms with Crippen LogP contribution in [0, 0.1) is 0 Å². The van der Waals surface area contributed by atoms with Gasteiger partial charge in [0.15, 0.2) is 17.7 Å². The first kappa shape index (κ1) is 18.4. The molecule has 0 spiro atoms. The number of nitrogens with one attached hydrogen (secondary N) is 1. The molecule has 0 saturated heterocycles. The van der Waals surface area contributed by atoms with E-state index in [9.17, 15) is 9.59 Å². The molecule has 2 heterocycles. The van der Waals surface area contributed by atoms with E-state index in [0.29, 0.717) is 10.9 Å².